The van der Waals surface area contributed by atoms with Gasteiger partial charge < -0.3 is 11.1 Å². The second-order valence-electron chi connectivity index (χ2n) is 7.25. The molecule has 0 unspecified atom stereocenters. The van der Waals surface area contributed by atoms with Crippen LogP contribution in [-0.2, 0) is 11.8 Å². The molecule has 0 radical (unpaired) electrons. The number of hydrogen-bond donors (Lipinski definition) is 2. The minimum atomic E-state index is -0.537. The summed E-state index contributed by atoms with van der Waals surface area (Å²) in [7, 11) is 1.87. The van der Waals surface area contributed by atoms with Crippen LogP contribution in [0, 0.1) is 5.41 Å². The molecule has 1 aliphatic carbocycles. The van der Waals surface area contributed by atoms with Gasteiger partial charge in [0.2, 0.25) is 5.91 Å². The molecular formula is C16H29ClN4O. The lowest BCUT2D eigenvalue weighted by Gasteiger charge is -2.25. The Morgan fingerprint density at radius 1 is 1.36 bits per heavy atom. The van der Waals surface area contributed by atoms with Gasteiger partial charge >= 0.3 is 0 Å². The zero-order chi connectivity index (χ0) is 15.6. The Bertz CT molecular complexity index is 501. The lowest BCUT2D eigenvalue weighted by atomic mass is 9.86. The molecule has 0 bridgehead atoms. The maximum absolute atomic E-state index is 12.2. The van der Waals surface area contributed by atoms with E-state index in [-0.39, 0.29) is 23.7 Å². The van der Waals surface area contributed by atoms with Crippen molar-refractivity contribution in [1.29, 1.82) is 0 Å². The highest BCUT2D eigenvalue weighted by molar-refractivity contribution is 5.94. The van der Waals surface area contributed by atoms with Crippen LogP contribution >= 0.6 is 12.4 Å². The van der Waals surface area contributed by atoms with Crippen LogP contribution in [0.4, 0.5) is 5.82 Å². The fourth-order valence-corrected chi connectivity index (χ4v) is 2.80. The van der Waals surface area contributed by atoms with Crippen LogP contribution in [0.5, 0.6) is 0 Å². The molecule has 1 aromatic heterocycles. The fourth-order valence-electron chi connectivity index (χ4n) is 2.80. The molecule has 1 heterocycles. The summed E-state index contributed by atoms with van der Waals surface area (Å²) in [6, 6.07) is 1.47. The van der Waals surface area contributed by atoms with Crippen LogP contribution < -0.4 is 11.1 Å². The Morgan fingerprint density at radius 3 is 2.50 bits per heavy atom. The van der Waals surface area contributed by atoms with Crippen molar-refractivity contribution in [3.05, 3.63) is 11.8 Å². The zero-order valence-electron chi connectivity index (χ0n) is 14.1. The zero-order valence-corrected chi connectivity index (χ0v) is 14.9. The average Bonchev–Trinajstić information content (AvgIpc) is 2.79. The standard InChI is InChI=1S/C16H28N4O.ClH/c1-16(2,3)14(17)15(21)18-13-10-12(19-20(13)4)11-8-6-5-7-9-11;/h10-11,14H,5-9,17H2,1-4H3,(H,18,21);1H/t14-;/m1./s1. The number of nitrogens with one attached hydrogen (secondary N) is 1. The van der Waals surface area contributed by atoms with E-state index in [2.05, 4.69) is 10.4 Å². The van der Waals surface area contributed by atoms with Gasteiger partial charge in [0, 0.05) is 19.0 Å². The first-order valence-electron chi connectivity index (χ1n) is 7.89. The molecule has 1 saturated carbocycles. The summed E-state index contributed by atoms with van der Waals surface area (Å²) in [5, 5.41) is 7.48. The molecule has 1 amide bonds. The SMILES string of the molecule is Cl.Cn1nc(C2CCCCC2)cc1NC(=O)[C@@H](N)C(C)(C)C. The summed E-state index contributed by atoms with van der Waals surface area (Å²) in [5.41, 5.74) is 6.84. The number of carbonyl (C=O) groups is 1. The van der Waals surface area contributed by atoms with Gasteiger partial charge in [0.25, 0.3) is 0 Å². The monoisotopic (exact) mass is 328 g/mol. The first-order chi connectivity index (χ1) is 9.79. The number of anilines is 1. The third-order valence-corrected chi connectivity index (χ3v) is 4.39. The predicted molar refractivity (Wildman–Crippen MR) is 92.3 cm³/mol. The van der Waals surface area contributed by atoms with Crippen molar-refractivity contribution >= 4 is 24.1 Å². The van der Waals surface area contributed by atoms with Crippen molar-refractivity contribution in [2.24, 2.45) is 18.2 Å². The maximum atomic E-state index is 12.2. The molecule has 3 N–H and O–H groups in total. The van der Waals surface area contributed by atoms with Crippen molar-refractivity contribution < 1.29 is 4.79 Å². The second kappa shape index (κ2) is 7.47. The molecule has 1 aliphatic rings. The molecular weight excluding hydrogens is 300 g/mol. The minimum Gasteiger partial charge on any atom is -0.319 e. The highest BCUT2D eigenvalue weighted by Gasteiger charge is 2.28. The molecule has 0 saturated heterocycles. The quantitative estimate of drug-likeness (QED) is 0.894. The van der Waals surface area contributed by atoms with Gasteiger partial charge in [-0.3, -0.25) is 9.48 Å². The lowest BCUT2D eigenvalue weighted by molar-refractivity contribution is -0.119. The Balaban J connectivity index is 0.00000242. The molecule has 1 aromatic rings. The fraction of sp³-hybridized carbons (Fsp3) is 0.750. The molecule has 1 atom stereocenters. The van der Waals surface area contributed by atoms with E-state index in [0.717, 1.165) is 11.5 Å². The van der Waals surface area contributed by atoms with Crippen LogP contribution in [0.3, 0.4) is 0 Å². The molecule has 0 spiro atoms. The van der Waals surface area contributed by atoms with E-state index < -0.39 is 6.04 Å². The Kier molecular flexibility index (Phi) is 6.44. The number of rotatable bonds is 3. The Morgan fingerprint density at radius 2 is 1.95 bits per heavy atom. The molecule has 2 rings (SSSR count). The molecule has 0 aliphatic heterocycles. The predicted octanol–water partition coefficient (Wildman–Crippen LogP) is 3.20. The average molecular weight is 329 g/mol. The van der Waals surface area contributed by atoms with E-state index in [9.17, 15) is 4.79 Å². The molecule has 0 aromatic carbocycles. The third-order valence-electron chi connectivity index (χ3n) is 4.39. The highest BCUT2D eigenvalue weighted by Crippen LogP contribution is 2.32. The number of aromatic nitrogens is 2. The van der Waals surface area contributed by atoms with Crippen LogP contribution in [0.25, 0.3) is 0 Å². The number of aryl methyl sites for hydroxylation is 1. The minimum absolute atomic E-state index is 0. The number of nitrogens with zero attached hydrogens (tertiary/aromatic N) is 2. The van der Waals surface area contributed by atoms with E-state index >= 15 is 0 Å². The number of amides is 1. The van der Waals surface area contributed by atoms with Crippen LogP contribution in [-0.4, -0.2) is 21.7 Å². The highest BCUT2D eigenvalue weighted by atomic mass is 35.5. The Labute approximate surface area is 139 Å². The number of nitrogens with two attached hydrogens (primary N) is 1. The van der Waals surface area contributed by atoms with Crippen molar-refractivity contribution in [3.8, 4) is 0 Å². The van der Waals surface area contributed by atoms with Gasteiger partial charge in [-0.1, -0.05) is 40.0 Å². The van der Waals surface area contributed by atoms with Crippen molar-refractivity contribution in [1.82, 2.24) is 9.78 Å². The summed E-state index contributed by atoms with van der Waals surface area (Å²) in [6.07, 6.45) is 6.28. The van der Waals surface area contributed by atoms with Crippen LogP contribution in [0.1, 0.15) is 64.5 Å². The number of carbonyl (C=O) groups excluding carboxylic acids is 1. The number of halogens is 1. The van der Waals surface area contributed by atoms with E-state index in [0.29, 0.717) is 5.92 Å². The van der Waals surface area contributed by atoms with E-state index in [1.165, 1.54) is 32.1 Å². The molecule has 126 valence electrons. The maximum Gasteiger partial charge on any atom is 0.242 e. The van der Waals surface area contributed by atoms with Crippen LogP contribution in [0.2, 0.25) is 0 Å². The van der Waals surface area contributed by atoms with Crippen molar-refractivity contribution in [3.63, 3.8) is 0 Å². The van der Waals surface area contributed by atoms with Crippen molar-refractivity contribution in [2.75, 3.05) is 5.32 Å². The second-order valence-corrected chi connectivity index (χ2v) is 7.25. The van der Waals surface area contributed by atoms with Gasteiger partial charge in [-0.25, -0.2) is 0 Å². The number of hydrogen-bond acceptors (Lipinski definition) is 3. The summed E-state index contributed by atoms with van der Waals surface area (Å²) in [6.45, 7) is 5.90. The largest absolute Gasteiger partial charge is 0.319 e. The summed E-state index contributed by atoms with van der Waals surface area (Å²) in [5.74, 6) is 1.12. The molecule has 1 fully saturated rings. The normalized spacial score (nSPS) is 17.7. The van der Waals surface area contributed by atoms with E-state index in [1.807, 2.05) is 33.9 Å². The summed E-state index contributed by atoms with van der Waals surface area (Å²) in [4.78, 5) is 12.2. The third kappa shape index (κ3) is 4.46. The lowest BCUT2D eigenvalue weighted by Crippen LogP contribution is -2.45. The molecule has 22 heavy (non-hydrogen) atoms. The van der Waals surface area contributed by atoms with Gasteiger partial charge in [-0.2, -0.15) is 5.10 Å². The molecule has 6 heteroatoms. The first kappa shape index (κ1) is 19.0. The first-order valence-corrected chi connectivity index (χ1v) is 7.89. The van der Waals surface area contributed by atoms with Crippen LogP contribution in [0.15, 0.2) is 6.07 Å². The van der Waals surface area contributed by atoms with Gasteiger partial charge in [0.05, 0.1) is 11.7 Å². The summed E-state index contributed by atoms with van der Waals surface area (Å²) >= 11 is 0. The van der Waals surface area contributed by atoms with Gasteiger partial charge in [0.15, 0.2) is 0 Å². The van der Waals surface area contributed by atoms with Gasteiger partial charge in [-0.15, -0.1) is 12.4 Å². The van der Waals surface area contributed by atoms with E-state index in [4.69, 9.17) is 5.73 Å². The smallest absolute Gasteiger partial charge is 0.242 e. The van der Waals surface area contributed by atoms with Gasteiger partial charge in [0.1, 0.15) is 5.82 Å². The topological polar surface area (TPSA) is 72.9 Å². The van der Waals surface area contributed by atoms with Crippen molar-refractivity contribution in [2.45, 2.75) is 64.8 Å². The van der Waals surface area contributed by atoms with E-state index in [1.54, 1.807) is 4.68 Å². The Hall–Kier alpha value is -1.07. The molecule has 5 nitrogen and oxygen atoms in total. The van der Waals surface area contributed by atoms with Gasteiger partial charge in [-0.05, 0) is 18.3 Å². The summed E-state index contributed by atoms with van der Waals surface area (Å²) < 4.78 is 1.75.